The van der Waals surface area contributed by atoms with Gasteiger partial charge < -0.3 is 4.90 Å². The topological polar surface area (TPSA) is 33.2 Å². The van der Waals surface area contributed by atoms with Crippen LogP contribution in [0, 0.1) is 6.92 Å². The summed E-state index contributed by atoms with van der Waals surface area (Å²) in [5, 5.41) is 0.932. The molecule has 1 atom stereocenters. The second kappa shape index (κ2) is 6.11. The molecule has 0 aliphatic heterocycles. The van der Waals surface area contributed by atoms with Gasteiger partial charge in [0.25, 0.3) is 0 Å². The first-order valence-corrected chi connectivity index (χ1v) is 7.14. The Morgan fingerprint density at radius 1 is 1.35 bits per heavy atom. The third kappa shape index (κ3) is 4.19. The molecular weight excluding hydrogens is 289 g/mol. The van der Waals surface area contributed by atoms with Gasteiger partial charge in [0, 0.05) is 17.8 Å². The minimum absolute atomic E-state index is 0.260. The summed E-state index contributed by atoms with van der Waals surface area (Å²) in [4.78, 5) is 18.0. The third-order valence-corrected chi connectivity index (χ3v) is 4.68. The number of halogens is 3. The van der Waals surface area contributed by atoms with E-state index < -0.39 is 24.5 Å². The zero-order chi connectivity index (χ0) is 15.7. The Bertz CT molecular complexity index is 482. The van der Waals surface area contributed by atoms with E-state index in [0.717, 1.165) is 20.5 Å². The van der Waals surface area contributed by atoms with Gasteiger partial charge in [-0.2, -0.15) is 13.2 Å². The Hall–Kier alpha value is -1.11. The highest BCUT2D eigenvalue weighted by atomic mass is 32.1. The molecule has 1 aromatic heterocycles. The summed E-state index contributed by atoms with van der Waals surface area (Å²) in [6, 6.07) is -0.408. The Labute approximate surface area is 120 Å². The average molecular weight is 308 g/mol. The number of carbonyl (C=O) groups is 1. The van der Waals surface area contributed by atoms with E-state index in [9.17, 15) is 18.0 Å². The standard InChI is InChI=1S/C13H19F3N2OS/c1-7(2)12-17-8(3)11(20-12)9(4)18(5)10(19)6-13(14,15)16/h7,9H,6H2,1-5H3/t9-/m1/s1. The van der Waals surface area contributed by atoms with E-state index in [-0.39, 0.29) is 5.92 Å². The maximum atomic E-state index is 12.3. The van der Waals surface area contributed by atoms with E-state index in [1.807, 2.05) is 20.8 Å². The highest BCUT2D eigenvalue weighted by Crippen LogP contribution is 2.32. The molecule has 1 heterocycles. The van der Waals surface area contributed by atoms with Crippen LogP contribution >= 0.6 is 11.3 Å². The SMILES string of the molecule is Cc1nc(C(C)C)sc1[C@@H](C)N(C)C(=O)CC(F)(F)F. The van der Waals surface area contributed by atoms with Crippen LogP contribution in [0.4, 0.5) is 13.2 Å². The summed E-state index contributed by atoms with van der Waals surface area (Å²) in [5.74, 6) is -0.667. The smallest absolute Gasteiger partial charge is 0.338 e. The molecule has 7 heteroatoms. The summed E-state index contributed by atoms with van der Waals surface area (Å²) >= 11 is 1.45. The van der Waals surface area contributed by atoms with Gasteiger partial charge in [0.05, 0.1) is 16.7 Å². The first-order chi connectivity index (χ1) is 9.03. The molecule has 0 aliphatic rings. The van der Waals surface area contributed by atoms with E-state index >= 15 is 0 Å². The largest absolute Gasteiger partial charge is 0.397 e. The molecule has 3 nitrogen and oxygen atoms in total. The molecule has 1 rings (SSSR count). The van der Waals surface area contributed by atoms with Gasteiger partial charge in [0.1, 0.15) is 6.42 Å². The molecule has 0 radical (unpaired) electrons. The van der Waals surface area contributed by atoms with Crippen molar-refractivity contribution in [2.75, 3.05) is 7.05 Å². The highest BCUT2D eigenvalue weighted by Gasteiger charge is 2.34. The summed E-state index contributed by atoms with van der Waals surface area (Å²) in [7, 11) is 1.40. The monoisotopic (exact) mass is 308 g/mol. The lowest BCUT2D eigenvalue weighted by atomic mass is 10.2. The number of rotatable bonds is 4. The Morgan fingerprint density at radius 2 is 1.90 bits per heavy atom. The van der Waals surface area contributed by atoms with Crippen molar-refractivity contribution in [1.82, 2.24) is 9.88 Å². The van der Waals surface area contributed by atoms with Crippen LogP contribution in [0.25, 0.3) is 0 Å². The van der Waals surface area contributed by atoms with Crippen molar-refractivity contribution < 1.29 is 18.0 Å². The first-order valence-electron chi connectivity index (χ1n) is 6.32. The normalized spacial score (nSPS) is 13.7. The van der Waals surface area contributed by atoms with Gasteiger partial charge in [-0.25, -0.2) is 4.98 Å². The van der Waals surface area contributed by atoms with Crippen LogP contribution in [0.5, 0.6) is 0 Å². The number of nitrogens with zero attached hydrogens (tertiary/aromatic N) is 2. The lowest BCUT2D eigenvalue weighted by Crippen LogP contribution is -2.32. The molecule has 0 N–H and O–H groups in total. The molecule has 1 aromatic rings. The molecular formula is C13H19F3N2OS. The van der Waals surface area contributed by atoms with Crippen LogP contribution in [0.15, 0.2) is 0 Å². The van der Waals surface area contributed by atoms with Gasteiger partial charge in [-0.1, -0.05) is 13.8 Å². The van der Waals surface area contributed by atoms with Crippen molar-refractivity contribution in [3.8, 4) is 0 Å². The number of thiazole rings is 1. The molecule has 0 bridgehead atoms. The van der Waals surface area contributed by atoms with Crippen molar-refractivity contribution in [3.05, 3.63) is 15.6 Å². The van der Waals surface area contributed by atoms with Crippen LogP contribution in [-0.2, 0) is 4.79 Å². The fourth-order valence-electron chi connectivity index (χ4n) is 1.75. The lowest BCUT2D eigenvalue weighted by molar-refractivity contribution is -0.161. The van der Waals surface area contributed by atoms with E-state index in [0.29, 0.717) is 0 Å². The van der Waals surface area contributed by atoms with Gasteiger partial charge >= 0.3 is 6.18 Å². The fourth-order valence-corrected chi connectivity index (χ4v) is 2.92. The second-order valence-corrected chi connectivity index (χ2v) is 6.19. The van der Waals surface area contributed by atoms with Crippen molar-refractivity contribution >= 4 is 17.2 Å². The first kappa shape index (κ1) is 16.9. The molecule has 0 aliphatic carbocycles. The molecule has 20 heavy (non-hydrogen) atoms. The van der Waals surface area contributed by atoms with Gasteiger partial charge in [0.2, 0.25) is 5.91 Å². The van der Waals surface area contributed by atoms with Gasteiger partial charge in [-0.05, 0) is 13.8 Å². The number of alkyl halides is 3. The number of carbonyl (C=O) groups excluding carboxylic acids is 1. The Kier molecular flexibility index (Phi) is 5.18. The van der Waals surface area contributed by atoms with Crippen LogP contribution in [0.2, 0.25) is 0 Å². The second-order valence-electron chi connectivity index (χ2n) is 5.13. The van der Waals surface area contributed by atoms with Crippen LogP contribution in [0.3, 0.4) is 0 Å². The molecule has 0 spiro atoms. The Morgan fingerprint density at radius 3 is 2.30 bits per heavy atom. The van der Waals surface area contributed by atoms with E-state index in [1.54, 1.807) is 6.92 Å². The lowest BCUT2D eigenvalue weighted by Gasteiger charge is -2.25. The quantitative estimate of drug-likeness (QED) is 0.841. The minimum Gasteiger partial charge on any atom is -0.338 e. The molecule has 0 aromatic carbocycles. The molecule has 0 saturated carbocycles. The van der Waals surface area contributed by atoms with Gasteiger partial charge in [-0.3, -0.25) is 4.79 Å². The maximum Gasteiger partial charge on any atom is 0.397 e. The summed E-state index contributed by atoms with van der Waals surface area (Å²) in [6.07, 6.45) is -5.90. The van der Waals surface area contributed by atoms with Crippen molar-refractivity contribution in [3.63, 3.8) is 0 Å². The minimum atomic E-state index is -4.48. The zero-order valence-corrected chi connectivity index (χ0v) is 13.0. The van der Waals surface area contributed by atoms with Gasteiger partial charge in [-0.15, -0.1) is 11.3 Å². The summed E-state index contributed by atoms with van der Waals surface area (Å²) < 4.78 is 36.8. The van der Waals surface area contributed by atoms with Crippen molar-refractivity contribution in [2.45, 2.75) is 52.3 Å². The summed E-state index contributed by atoms with van der Waals surface area (Å²) in [5.41, 5.74) is 0.776. The number of hydrogen-bond acceptors (Lipinski definition) is 3. The number of aryl methyl sites for hydroxylation is 1. The molecule has 114 valence electrons. The number of aromatic nitrogens is 1. The van der Waals surface area contributed by atoms with Crippen LogP contribution < -0.4 is 0 Å². The van der Waals surface area contributed by atoms with Gasteiger partial charge in [0.15, 0.2) is 0 Å². The molecule has 0 fully saturated rings. The third-order valence-electron chi connectivity index (χ3n) is 3.05. The maximum absolute atomic E-state index is 12.3. The van der Waals surface area contributed by atoms with E-state index in [4.69, 9.17) is 0 Å². The average Bonchev–Trinajstić information content (AvgIpc) is 2.67. The predicted octanol–water partition coefficient (Wildman–Crippen LogP) is 4.05. The van der Waals surface area contributed by atoms with E-state index in [1.165, 1.54) is 18.4 Å². The highest BCUT2D eigenvalue weighted by molar-refractivity contribution is 7.11. The summed E-state index contributed by atoms with van der Waals surface area (Å²) in [6.45, 7) is 7.55. The zero-order valence-electron chi connectivity index (χ0n) is 12.2. The van der Waals surface area contributed by atoms with Crippen molar-refractivity contribution in [2.24, 2.45) is 0 Å². The predicted molar refractivity (Wildman–Crippen MR) is 72.8 cm³/mol. The number of amides is 1. The molecule has 1 amide bonds. The molecule has 0 saturated heterocycles. The Balaban J connectivity index is 2.89. The fraction of sp³-hybridized carbons (Fsp3) is 0.692. The van der Waals surface area contributed by atoms with Crippen LogP contribution in [-0.4, -0.2) is 29.0 Å². The molecule has 0 unspecified atom stereocenters. The van der Waals surface area contributed by atoms with E-state index in [2.05, 4.69) is 4.98 Å². The van der Waals surface area contributed by atoms with Crippen molar-refractivity contribution in [1.29, 1.82) is 0 Å². The van der Waals surface area contributed by atoms with Crippen LogP contribution in [0.1, 0.15) is 54.7 Å². The number of hydrogen-bond donors (Lipinski definition) is 0.